The van der Waals surface area contributed by atoms with Crippen molar-refractivity contribution in [3.8, 4) is 0 Å². The van der Waals surface area contributed by atoms with Crippen molar-refractivity contribution >= 4 is 11.4 Å². The Morgan fingerprint density at radius 3 is 2.76 bits per heavy atom. The third kappa shape index (κ3) is 2.40. The van der Waals surface area contributed by atoms with Crippen LogP contribution in [0.3, 0.4) is 0 Å². The maximum atomic E-state index is 10.9. The number of rotatable bonds is 3. The minimum Gasteiger partial charge on any atom is -0.382 e. The Hall–Kier alpha value is -1.58. The molecule has 0 saturated heterocycles. The Labute approximate surface area is 101 Å². The number of anilines is 1. The van der Waals surface area contributed by atoms with Gasteiger partial charge in [-0.15, -0.1) is 0 Å². The molecule has 2 unspecified atom stereocenters. The van der Waals surface area contributed by atoms with Crippen LogP contribution >= 0.6 is 0 Å². The number of nitrogens with one attached hydrogen (secondary N) is 1. The van der Waals surface area contributed by atoms with E-state index in [0.29, 0.717) is 12.0 Å². The van der Waals surface area contributed by atoms with Crippen molar-refractivity contribution in [3.05, 3.63) is 33.9 Å². The quantitative estimate of drug-likeness (QED) is 0.643. The van der Waals surface area contributed by atoms with E-state index in [2.05, 4.69) is 12.2 Å². The molecule has 2 atom stereocenters. The fourth-order valence-corrected chi connectivity index (χ4v) is 2.54. The molecule has 1 aromatic carbocycles. The second kappa shape index (κ2) is 4.73. The molecule has 4 nitrogen and oxygen atoms in total. The van der Waals surface area contributed by atoms with Crippen LogP contribution in [0.5, 0.6) is 0 Å². The van der Waals surface area contributed by atoms with Gasteiger partial charge in [0.2, 0.25) is 0 Å². The Bertz CT molecular complexity index is 431. The van der Waals surface area contributed by atoms with E-state index in [0.717, 1.165) is 17.7 Å². The summed E-state index contributed by atoms with van der Waals surface area (Å²) in [7, 11) is 0. The summed E-state index contributed by atoms with van der Waals surface area (Å²) >= 11 is 0. The van der Waals surface area contributed by atoms with Gasteiger partial charge in [-0.2, -0.15) is 0 Å². The summed E-state index contributed by atoms with van der Waals surface area (Å²) in [6.45, 7) is 4.04. The Kier molecular flexibility index (Phi) is 3.31. The van der Waals surface area contributed by atoms with Gasteiger partial charge in [0, 0.05) is 23.4 Å². The van der Waals surface area contributed by atoms with Gasteiger partial charge in [0.15, 0.2) is 0 Å². The zero-order chi connectivity index (χ0) is 12.4. The zero-order valence-corrected chi connectivity index (χ0v) is 10.3. The molecule has 0 spiro atoms. The first-order valence-corrected chi connectivity index (χ1v) is 6.10. The molecule has 4 heteroatoms. The first-order valence-electron chi connectivity index (χ1n) is 6.10. The fourth-order valence-electron chi connectivity index (χ4n) is 2.54. The van der Waals surface area contributed by atoms with Crippen LogP contribution < -0.4 is 5.32 Å². The lowest BCUT2D eigenvalue weighted by molar-refractivity contribution is -0.385. The zero-order valence-electron chi connectivity index (χ0n) is 10.3. The predicted octanol–water partition coefficient (Wildman–Crippen LogP) is 3.50. The molecule has 0 radical (unpaired) electrons. The summed E-state index contributed by atoms with van der Waals surface area (Å²) in [5, 5.41) is 14.3. The molecular weight excluding hydrogens is 216 g/mol. The Balaban J connectivity index is 2.21. The van der Waals surface area contributed by atoms with E-state index in [-0.39, 0.29) is 10.6 Å². The predicted molar refractivity (Wildman–Crippen MR) is 68.3 cm³/mol. The summed E-state index contributed by atoms with van der Waals surface area (Å²) in [6.07, 6.45) is 3.64. The molecule has 1 fully saturated rings. The molecule has 0 bridgehead atoms. The molecule has 0 heterocycles. The maximum absolute atomic E-state index is 10.9. The van der Waals surface area contributed by atoms with Crippen LogP contribution in [0.15, 0.2) is 18.2 Å². The number of nitro benzene ring substituents is 1. The molecule has 0 aromatic heterocycles. The number of benzene rings is 1. The molecule has 17 heavy (non-hydrogen) atoms. The highest BCUT2D eigenvalue weighted by Gasteiger charge is 2.24. The van der Waals surface area contributed by atoms with Crippen LogP contribution in [0.2, 0.25) is 0 Å². The van der Waals surface area contributed by atoms with Crippen LogP contribution in [0.1, 0.15) is 31.7 Å². The average molecular weight is 234 g/mol. The smallest absolute Gasteiger partial charge is 0.274 e. The van der Waals surface area contributed by atoms with Gasteiger partial charge >= 0.3 is 0 Å². The van der Waals surface area contributed by atoms with Crippen LogP contribution in [-0.2, 0) is 0 Å². The van der Waals surface area contributed by atoms with E-state index >= 15 is 0 Å². The lowest BCUT2D eigenvalue weighted by atomic mass is 10.0. The van der Waals surface area contributed by atoms with Gasteiger partial charge in [-0.3, -0.25) is 10.1 Å². The molecule has 1 N–H and O–H groups in total. The van der Waals surface area contributed by atoms with Gasteiger partial charge in [-0.05, 0) is 31.7 Å². The molecular formula is C13H18N2O2. The van der Waals surface area contributed by atoms with Gasteiger partial charge in [-0.1, -0.05) is 19.4 Å². The number of nitrogens with zero attached hydrogens (tertiary/aromatic N) is 1. The summed E-state index contributed by atoms with van der Waals surface area (Å²) in [5.74, 6) is 0.647. The monoisotopic (exact) mass is 234 g/mol. The van der Waals surface area contributed by atoms with Gasteiger partial charge in [0.05, 0.1) is 4.92 Å². The standard InChI is InChI=1S/C13H18N2O2/c1-9-5-3-6-11(9)14-12-7-4-8-13(10(12)2)15(16)17/h4,7-9,11,14H,3,5-6H2,1-2H3. The highest BCUT2D eigenvalue weighted by molar-refractivity contribution is 5.60. The number of hydrogen-bond acceptors (Lipinski definition) is 3. The van der Waals surface area contributed by atoms with E-state index in [1.165, 1.54) is 12.8 Å². The highest BCUT2D eigenvalue weighted by Crippen LogP contribution is 2.31. The summed E-state index contributed by atoms with van der Waals surface area (Å²) < 4.78 is 0. The minimum absolute atomic E-state index is 0.195. The first kappa shape index (κ1) is 11.9. The van der Waals surface area contributed by atoms with E-state index < -0.39 is 0 Å². The van der Waals surface area contributed by atoms with Crippen molar-refractivity contribution in [2.75, 3.05) is 5.32 Å². The molecule has 1 aliphatic carbocycles. The lowest BCUT2D eigenvalue weighted by Gasteiger charge is -2.19. The van der Waals surface area contributed by atoms with Gasteiger partial charge < -0.3 is 5.32 Å². The number of hydrogen-bond donors (Lipinski definition) is 1. The van der Waals surface area contributed by atoms with Crippen LogP contribution in [0.4, 0.5) is 11.4 Å². The summed E-state index contributed by atoms with van der Waals surface area (Å²) in [4.78, 5) is 10.5. The minimum atomic E-state index is -0.321. The van der Waals surface area contributed by atoms with Crippen LogP contribution in [0.25, 0.3) is 0 Å². The van der Waals surface area contributed by atoms with Gasteiger partial charge in [0.25, 0.3) is 5.69 Å². The first-order chi connectivity index (χ1) is 8.09. The normalized spacial score (nSPS) is 23.6. The van der Waals surface area contributed by atoms with Crippen molar-refractivity contribution in [2.45, 2.75) is 39.2 Å². The molecule has 92 valence electrons. The Morgan fingerprint density at radius 2 is 2.18 bits per heavy atom. The van der Waals surface area contributed by atoms with E-state index in [4.69, 9.17) is 0 Å². The molecule has 1 saturated carbocycles. The lowest BCUT2D eigenvalue weighted by Crippen LogP contribution is -2.22. The van der Waals surface area contributed by atoms with E-state index in [1.54, 1.807) is 19.1 Å². The van der Waals surface area contributed by atoms with Crippen LogP contribution in [0, 0.1) is 23.0 Å². The highest BCUT2D eigenvalue weighted by atomic mass is 16.6. The summed E-state index contributed by atoms with van der Waals surface area (Å²) in [5.41, 5.74) is 1.83. The second-order valence-corrected chi connectivity index (χ2v) is 4.87. The topological polar surface area (TPSA) is 55.2 Å². The Morgan fingerprint density at radius 1 is 1.41 bits per heavy atom. The van der Waals surface area contributed by atoms with Gasteiger partial charge in [-0.25, -0.2) is 0 Å². The molecule has 0 aliphatic heterocycles. The third-order valence-corrected chi connectivity index (χ3v) is 3.70. The van der Waals surface area contributed by atoms with Crippen molar-refractivity contribution in [1.29, 1.82) is 0 Å². The number of nitro groups is 1. The average Bonchev–Trinajstić information content (AvgIpc) is 2.67. The molecule has 0 amide bonds. The summed E-state index contributed by atoms with van der Waals surface area (Å²) in [6, 6.07) is 5.68. The third-order valence-electron chi connectivity index (χ3n) is 3.70. The maximum Gasteiger partial charge on any atom is 0.274 e. The van der Waals surface area contributed by atoms with Crippen molar-refractivity contribution in [2.24, 2.45) is 5.92 Å². The van der Waals surface area contributed by atoms with Crippen molar-refractivity contribution in [3.63, 3.8) is 0 Å². The largest absolute Gasteiger partial charge is 0.382 e. The fraction of sp³-hybridized carbons (Fsp3) is 0.538. The van der Waals surface area contributed by atoms with E-state index in [1.807, 2.05) is 6.07 Å². The van der Waals surface area contributed by atoms with E-state index in [9.17, 15) is 10.1 Å². The van der Waals surface area contributed by atoms with Crippen LogP contribution in [-0.4, -0.2) is 11.0 Å². The van der Waals surface area contributed by atoms with Crippen molar-refractivity contribution < 1.29 is 4.92 Å². The van der Waals surface area contributed by atoms with Gasteiger partial charge in [0.1, 0.15) is 0 Å². The van der Waals surface area contributed by atoms with Crippen molar-refractivity contribution in [1.82, 2.24) is 0 Å². The second-order valence-electron chi connectivity index (χ2n) is 4.87. The molecule has 1 aromatic rings. The SMILES string of the molecule is Cc1c(NC2CCCC2C)cccc1[N+](=O)[O-]. The molecule has 1 aliphatic rings. The molecule has 2 rings (SSSR count).